The van der Waals surface area contributed by atoms with E-state index in [0.29, 0.717) is 17.4 Å². The third kappa shape index (κ3) is 3.34. The summed E-state index contributed by atoms with van der Waals surface area (Å²) >= 11 is 0. The van der Waals surface area contributed by atoms with Crippen molar-refractivity contribution < 1.29 is 13.9 Å². The second kappa shape index (κ2) is 6.81. The van der Waals surface area contributed by atoms with Crippen LogP contribution in [0.25, 0.3) is 0 Å². The van der Waals surface area contributed by atoms with Crippen molar-refractivity contribution >= 4 is 5.97 Å². The van der Waals surface area contributed by atoms with Crippen molar-refractivity contribution in [3.8, 4) is 0 Å². The molecule has 0 bridgehead atoms. The molecule has 0 radical (unpaired) electrons. The Morgan fingerprint density at radius 2 is 2.18 bits per heavy atom. The monoisotopic (exact) mass is 307 g/mol. The summed E-state index contributed by atoms with van der Waals surface area (Å²) < 4.78 is 10.5. The Bertz CT molecular complexity index is 523. The first kappa shape index (κ1) is 15.5. The summed E-state index contributed by atoms with van der Waals surface area (Å²) in [6.07, 6.45) is 1.21. The zero-order valence-electron chi connectivity index (χ0n) is 13.4. The van der Waals surface area contributed by atoms with Gasteiger partial charge in [-0.05, 0) is 19.4 Å². The number of furan rings is 1. The lowest BCUT2D eigenvalue weighted by molar-refractivity contribution is 0.0599. The van der Waals surface area contributed by atoms with Crippen molar-refractivity contribution in [3.63, 3.8) is 0 Å². The van der Waals surface area contributed by atoms with Crippen LogP contribution in [0, 0.1) is 6.92 Å². The van der Waals surface area contributed by atoms with Gasteiger partial charge in [0.1, 0.15) is 17.1 Å². The van der Waals surface area contributed by atoms with Gasteiger partial charge in [0.05, 0.1) is 13.7 Å². The number of ether oxygens (including phenoxy) is 1. The Morgan fingerprint density at radius 3 is 2.91 bits per heavy atom. The highest BCUT2D eigenvalue weighted by molar-refractivity contribution is 5.90. The van der Waals surface area contributed by atoms with E-state index in [-0.39, 0.29) is 5.97 Å². The predicted octanol–water partition coefficient (Wildman–Crippen LogP) is 0.854. The van der Waals surface area contributed by atoms with Crippen LogP contribution in [-0.2, 0) is 11.3 Å². The van der Waals surface area contributed by atoms with E-state index in [1.807, 2.05) is 13.0 Å². The largest absolute Gasteiger partial charge is 0.465 e. The van der Waals surface area contributed by atoms with Gasteiger partial charge in [-0.2, -0.15) is 0 Å². The Labute approximate surface area is 131 Å². The molecule has 3 rings (SSSR count). The minimum absolute atomic E-state index is 0.326. The number of aryl methyl sites for hydroxylation is 1. The zero-order chi connectivity index (χ0) is 15.5. The fourth-order valence-electron chi connectivity index (χ4n) is 3.46. The average molecular weight is 307 g/mol. The van der Waals surface area contributed by atoms with Crippen LogP contribution in [-0.4, -0.2) is 68.2 Å². The molecule has 3 heterocycles. The molecule has 0 aliphatic carbocycles. The zero-order valence-corrected chi connectivity index (χ0v) is 13.4. The fourth-order valence-corrected chi connectivity index (χ4v) is 3.46. The first-order chi connectivity index (χ1) is 10.7. The summed E-state index contributed by atoms with van der Waals surface area (Å²) in [7, 11) is 1.40. The predicted molar refractivity (Wildman–Crippen MR) is 82.9 cm³/mol. The number of methoxy groups -OCH3 is 1. The molecule has 0 saturated carbocycles. The number of nitrogens with zero attached hydrogens (tertiary/aromatic N) is 2. The van der Waals surface area contributed by atoms with E-state index >= 15 is 0 Å². The lowest BCUT2D eigenvalue weighted by Gasteiger charge is -2.32. The van der Waals surface area contributed by atoms with E-state index in [1.165, 1.54) is 13.5 Å². The SMILES string of the molecule is COC(=O)c1cc(CN2CCC(N3CCNCC3)C2)oc1C. The molecule has 2 aliphatic rings. The van der Waals surface area contributed by atoms with Gasteiger partial charge in [0.15, 0.2) is 0 Å². The minimum Gasteiger partial charge on any atom is -0.465 e. The van der Waals surface area contributed by atoms with Crippen LogP contribution in [0.4, 0.5) is 0 Å². The Kier molecular flexibility index (Phi) is 4.81. The number of hydrogen-bond acceptors (Lipinski definition) is 6. The standard InChI is InChI=1S/C16H25N3O3/c1-12-15(16(20)21-2)9-14(22-12)11-18-6-3-13(10-18)19-7-4-17-5-8-19/h9,13,17H,3-8,10-11H2,1-2H3. The number of likely N-dealkylation sites (tertiary alicyclic amines) is 1. The Morgan fingerprint density at radius 1 is 1.41 bits per heavy atom. The number of piperazine rings is 1. The average Bonchev–Trinajstić information content (AvgIpc) is 3.14. The van der Waals surface area contributed by atoms with E-state index < -0.39 is 0 Å². The van der Waals surface area contributed by atoms with Gasteiger partial charge in [0.2, 0.25) is 0 Å². The highest BCUT2D eigenvalue weighted by atomic mass is 16.5. The van der Waals surface area contributed by atoms with Crippen LogP contribution in [0.1, 0.15) is 28.3 Å². The van der Waals surface area contributed by atoms with E-state index in [9.17, 15) is 4.79 Å². The molecule has 6 nitrogen and oxygen atoms in total. The second-order valence-electron chi connectivity index (χ2n) is 6.14. The Balaban J connectivity index is 1.57. The molecule has 0 aromatic carbocycles. The molecule has 6 heteroatoms. The molecule has 0 spiro atoms. The van der Waals surface area contributed by atoms with Crippen molar-refractivity contribution in [2.45, 2.75) is 25.9 Å². The first-order valence-electron chi connectivity index (χ1n) is 8.02. The molecule has 22 heavy (non-hydrogen) atoms. The molecule has 1 atom stereocenters. The lowest BCUT2D eigenvalue weighted by Crippen LogP contribution is -2.49. The molecule has 2 aliphatic heterocycles. The summed E-state index contributed by atoms with van der Waals surface area (Å²) in [5.74, 6) is 1.16. The van der Waals surface area contributed by atoms with Gasteiger partial charge in [-0.1, -0.05) is 0 Å². The molecule has 2 fully saturated rings. The topological polar surface area (TPSA) is 58.0 Å². The lowest BCUT2D eigenvalue weighted by atomic mass is 10.2. The molecule has 1 N–H and O–H groups in total. The summed E-state index contributed by atoms with van der Waals surface area (Å²) in [6, 6.07) is 2.47. The van der Waals surface area contributed by atoms with Crippen LogP contribution >= 0.6 is 0 Å². The molecule has 1 unspecified atom stereocenters. The van der Waals surface area contributed by atoms with Crippen LogP contribution in [0.2, 0.25) is 0 Å². The van der Waals surface area contributed by atoms with Crippen LogP contribution in [0.15, 0.2) is 10.5 Å². The van der Waals surface area contributed by atoms with Gasteiger partial charge < -0.3 is 14.5 Å². The van der Waals surface area contributed by atoms with Crippen molar-refractivity contribution in [2.75, 3.05) is 46.4 Å². The van der Waals surface area contributed by atoms with Gasteiger partial charge in [0, 0.05) is 45.3 Å². The number of rotatable bonds is 4. The van der Waals surface area contributed by atoms with Crippen molar-refractivity contribution in [1.29, 1.82) is 0 Å². The number of hydrogen-bond donors (Lipinski definition) is 1. The highest BCUT2D eigenvalue weighted by Gasteiger charge is 2.29. The molecule has 0 amide bonds. The van der Waals surface area contributed by atoms with Gasteiger partial charge in [-0.3, -0.25) is 9.80 Å². The quantitative estimate of drug-likeness (QED) is 0.833. The number of carbonyl (C=O) groups is 1. The van der Waals surface area contributed by atoms with E-state index in [2.05, 4.69) is 15.1 Å². The number of nitrogens with one attached hydrogen (secondary N) is 1. The van der Waals surface area contributed by atoms with Gasteiger partial charge >= 0.3 is 5.97 Å². The molecular weight excluding hydrogens is 282 g/mol. The second-order valence-corrected chi connectivity index (χ2v) is 6.14. The van der Waals surface area contributed by atoms with Gasteiger partial charge in [-0.15, -0.1) is 0 Å². The van der Waals surface area contributed by atoms with Crippen molar-refractivity contribution in [2.24, 2.45) is 0 Å². The third-order valence-electron chi connectivity index (χ3n) is 4.67. The van der Waals surface area contributed by atoms with Crippen LogP contribution in [0.5, 0.6) is 0 Å². The summed E-state index contributed by atoms with van der Waals surface area (Å²) in [4.78, 5) is 16.6. The Hall–Kier alpha value is -1.37. The van der Waals surface area contributed by atoms with E-state index in [0.717, 1.165) is 51.6 Å². The van der Waals surface area contributed by atoms with Gasteiger partial charge in [-0.25, -0.2) is 4.79 Å². The fraction of sp³-hybridized carbons (Fsp3) is 0.688. The summed E-state index contributed by atoms with van der Waals surface area (Å²) in [6.45, 7) is 9.21. The summed E-state index contributed by atoms with van der Waals surface area (Å²) in [5.41, 5.74) is 0.537. The van der Waals surface area contributed by atoms with Crippen molar-refractivity contribution in [1.82, 2.24) is 15.1 Å². The number of carbonyl (C=O) groups excluding carboxylic acids is 1. The normalized spacial score (nSPS) is 23.8. The maximum atomic E-state index is 11.6. The summed E-state index contributed by atoms with van der Waals surface area (Å²) in [5, 5.41) is 3.40. The van der Waals surface area contributed by atoms with Gasteiger partial charge in [0.25, 0.3) is 0 Å². The van der Waals surface area contributed by atoms with Crippen molar-refractivity contribution in [3.05, 3.63) is 23.2 Å². The highest BCUT2D eigenvalue weighted by Crippen LogP contribution is 2.21. The molecule has 1 aromatic rings. The molecule has 122 valence electrons. The molecular formula is C16H25N3O3. The van der Waals surface area contributed by atoms with Crippen LogP contribution < -0.4 is 5.32 Å². The molecule has 2 saturated heterocycles. The number of esters is 1. The minimum atomic E-state index is -0.326. The van der Waals surface area contributed by atoms with E-state index in [1.54, 1.807) is 0 Å². The third-order valence-corrected chi connectivity index (χ3v) is 4.67. The van der Waals surface area contributed by atoms with E-state index in [4.69, 9.17) is 9.15 Å². The first-order valence-corrected chi connectivity index (χ1v) is 8.02. The maximum absolute atomic E-state index is 11.6. The van der Waals surface area contributed by atoms with Crippen LogP contribution in [0.3, 0.4) is 0 Å². The maximum Gasteiger partial charge on any atom is 0.341 e. The smallest absolute Gasteiger partial charge is 0.341 e. The molecule has 1 aromatic heterocycles.